The van der Waals surface area contributed by atoms with Crippen LogP contribution < -0.4 is 0 Å². The maximum absolute atomic E-state index is 4.63. The quantitative estimate of drug-likeness (QED) is 0.710. The fourth-order valence-corrected chi connectivity index (χ4v) is 2.50. The summed E-state index contributed by atoms with van der Waals surface area (Å²) in [6.45, 7) is 0. The Morgan fingerprint density at radius 2 is 1.83 bits per heavy atom. The van der Waals surface area contributed by atoms with Crippen molar-refractivity contribution in [3.05, 3.63) is 48.7 Å². The molecule has 92 valence electrons. The number of para-hydroxylation sites is 2. The average Bonchev–Trinajstić information content (AvgIpc) is 2.78. The molecule has 4 nitrogen and oxygen atoms in total. The van der Waals surface area contributed by atoms with Gasteiger partial charge in [0.15, 0.2) is 5.82 Å². The first-order valence-electron chi connectivity index (χ1n) is 5.33. The fraction of sp³-hybridized carbons (Fsp3) is 0.0769. The monoisotopic (exact) mass is 259 g/mol. The summed E-state index contributed by atoms with van der Waals surface area (Å²) in [6, 6.07) is 14.0. The molecule has 3 rings (SSSR count). The van der Waals surface area contributed by atoms with Crippen LogP contribution >= 0.6 is 11.9 Å². The van der Waals surface area contributed by atoms with Gasteiger partial charge in [-0.25, -0.2) is 4.98 Å². The van der Waals surface area contributed by atoms with E-state index in [1.165, 1.54) is 0 Å². The molecule has 0 saturated carbocycles. The molecule has 0 aliphatic rings. The van der Waals surface area contributed by atoms with Gasteiger partial charge in [-0.15, -0.1) is 0 Å². The minimum absolute atomic E-state index is 0. The van der Waals surface area contributed by atoms with Crippen LogP contribution in [0.25, 0.3) is 22.6 Å². The molecule has 1 aromatic carbocycles. The van der Waals surface area contributed by atoms with Crippen molar-refractivity contribution in [3.63, 3.8) is 0 Å². The number of fused-ring (bicyclic) bond motifs is 1. The molecular weight excluding hydrogens is 246 g/mol. The molecular formula is C13H13N3OS. The second-order valence-electron chi connectivity index (χ2n) is 3.62. The molecule has 0 aliphatic carbocycles. The van der Waals surface area contributed by atoms with Crippen LogP contribution in [0.4, 0.5) is 0 Å². The standard InChI is InChI=1S/C13H11N3S.H2O/c1-17-16-12-8-3-2-6-10(12)15-13(16)11-7-4-5-9-14-11;/h2-9H,1H3;1H2. The predicted molar refractivity (Wildman–Crippen MR) is 75.5 cm³/mol. The van der Waals surface area contributed by atoms with Gasteiger partial charge in [-0.3, -0.25) is 8.96 Å². The van der Waals surface area contributed by atoms with E-state index in [1.54, 1.807) is 18.1 Å². The minimum atomic E-state index is 0. The van der Waals surface area contributed by atoms with E-state index >= 15 is 0 Å². The molecule has 0 unspecified atom stereocenters. The molecule has 0 bridgehead atoms. The molecule has 0 saturated heterocycles. The fourth-order valence-electron chi connectivity index (χ4n) is 1.85. The first-order chi connectivity index (χ1) is 8.40. The van der Waals surface area contributed by atoms with Crippen molar-refractivity contribution in [2.75, 3.05) is 6.26 Å². The smallest absolute Gasteiger partial charge is 0.170 e. The number of nitrogens with zero attached hydrogens (tertiary/aromatic N) is 3. The van der Waals surface area contributed by atoms with Crippen molar-refractivity contribution >= 4 is 23.0 Å². The topological polar surface area (TPSA) is 62.2 Å². The summed E-state index contributed by atoms with van der Waals surface area (Å²) in [7, 11) is 0. The second-order valence-corrected chi connectivity index (χ2v) is 4.35. The van der Waals surface area contributed by atoms with Crippen LogP contribution in [0.3, 0.4) is 0 Å². The number of aromatic nitrogens is 3. The van der Waals surface area contributed by atoms with Crippen LogP contribution in [0.2, 0.25) is 0 Å². The molecule has 0 radical (unpaired) electrons. The third kappa shape index (κ3) is 1.98. The number of imidazole rings is 1. The van der Waals surface area contributed by atoms with E-state index < -0.39 is 0 Å². The summed E-state index contributed by atoms with van der Waals surface area (Å²) >= 11 is 1.64. The molecule has 0 aliphatic heterocycles. The zero-order valence-electron chi connectivity index (χ0n) is 9.87. The molecule has 0 amide bonds. The van der Waals surface area contributed by atoms with E-state index in [9.17, 15) is 0 Å². The predicted octanol–water partition coefficient (Wildman–Crippen LogP) is 2.40. The Balaban J connectivity index is 0.00000120. The lowest BCUT2D eigenvalue weighted by Crippen LogP contribution is -1.92. The van der Waals surface area contributed by atoms with Crippen molar-refractivity contribution in [2.24, 2.45) is 0 Å². The van der Waals surface area contributed by atoms with Gasteiger partial charge in [0.2, 0.25) is 0 Å². The zero-order valence-corrected chi connectivity index (χ0v) is 10.7. The van der Waals surface area contributed by atoms with Gasteiger partial charge in [0.05, 0.1) is 11.0 Å². The highest BCUT2D eigenvalue weighted by molar-refractivity contribution is 7.97. The van der Waals surface area contributed by atoms with E-state index in [1.807, 2.05) is 42.7 Å². The van der Waals surface area contributed by atoms with Gasteiger partial charge in [-0.1, -0.05) is 18.2 Å². The Kier molecular flexibility index (Phi) is 3.64. The highest BCUT2D eigenvalue weighted by Gasteiger charge is 2.11. The summed E-state index contributed by atoms with van der Waals surface area (Å²) < 4.78 is 2.11. The summed E-state index contributed by atoms with van der Waals surface area (Å²) in [5.41, 5.74) is 3.03. The number of benzene rings is 1. The Hall–Kier alpha value is -1.85. The molecule has 2 heterocycles. The van der Waals surface area contributed by atoms with Gasteiger partial charge in [0.25, 0.3) is 0 Å². The Morgan fingerprint density at radius 3 is 2.56 bits per heavy atom. The zero-order chi connectivity index (χ0) is 11.7. The van der Waals surface area contributed by atoms with E-state index in [-0.39, 0.29) is 5.48 Å². The Morgan fingerprint density at radius 1 is 1.06 bits per heavy atom. The van der Waals surface area contributed by atoms with Gasteiger partial charge >= 0.3 is 0 Å². The first-order valence-corrected chi connectivity index (χ1v) is 6.51. The van der Waals surface area contributed by atoms with Crippen molar-refractivity contribution in [1.82, 2.24) is 13.9 Å². The second kappa shape index (κ2) is 5.20. The lowest BCUT2D eigenvalue weighted by atomic mass is 10.3. The highest BCUT2D eigenvalue weighted by Crippen LogP contribution is 2.26. The van der Waals surface area contributed by atoms with Crippen LogP contribution in [-0.2, 0) is 0 Å². The number of rotatable bonds is 2. The van der Waals surface area contributed by atoms with Gasteiger partial charge in [-0.05, 0) is 36.2 Å². The molecule has 0 atom stereocenters. The Bertz CT molecular complexity index is 652. The summed E-state index contributed by atoms with van der Waals surface area (Å²) in [6.07, 6.45) is 3.83. The maximum Gasteiger partial charge on any atom is 0.170 e. The van der Waals surface area contributed by atoms with Crippen LogP contribution in [-0.4, -0.2) is 25.7 Å². The lowest BCUT2D eigenvalue weighted by Gasteiger charge is -2.03. The molecule has 3 aromatic rings. The number of hydrogen-bond donors (Lipinski definition) is 0. The van der Waals surface area contributed by atoms with Crippen LogP contribution in [0.5, 0.6) is 0 Å². The van der Waals surface area contributed by atoms with Crippen molar-refractivity contribution in [1.29, 1.82) is 0 Å². The van der Waals surface area contributed by atoms with Crippen LogP contribution in [0.15, 0.2) is 48.7 Å². The van der Waals surface area contributed by atoms with Crippen LogP contribution in [0.1, 0.15) is 0 Å². The van der Waals surface area contributed by atoms with Crippen molar-refractivity contribution < 1.29 is 5.48 Å². The third-order valence-electron chi connectivity index (χ3n) is 2.60. The largest absolute Gasteiger partial charge is 0.412 e. The lowest BCUT2D eigenvalue weighted by molar-refractivity contribution is 0.824. The SMILES string of the molecule is CSn1c(-c2ccccn2)nc2ccccc21.O. The summed E-state index contributed by atoms with van der Waals surface area (Å²) in [5, 5.41) is 0. The van der Waals surface area contributed by atoms with Gasteiger partial charge in [0, 0.05) is 12.5 Å². The van der Waals surface area contributed by atoms with Gasteiger partial charge in [-0.2, -0.15) is 0 Å². The molecule has 18 heavy (non-hydrogen) atoms. The minimum Gasteiger partial charge on any atom is -0.412 e. The molecule has 0 spiro atoms. The average molecular weight is 259 g/mol. The Labute approximate surface area is 109 Å². The van der Waals surface area contributed by atoms with Gasteiger partial charge < -0.3 is 5.48 Å². The molecule has 0 fully saturated rings. The number of pyridine rings is 1. The summed E-state index contributed by atoms with van der Waals surface area (Å²) in [4.78, 5) is 8.99. The van der Waals surface area contributed by atoms with Crippen molar-refractivity contribution in [3.8, 4) is 11.5 Å². The normalized spacial score (nSPS) is 10.3. The van der Waals surface area contributed by atoms with E-state index in [2.05, 4.69) is 20.0 Å². The van der Waals surface area contributed by atoms with E-state index in [0.29, 0.717) is 0 Å². The third-order valence-corrected chi connectivity index (χ3v) is 3.33. The maximum atomic E-state index is 4.63. The molecule has 5 heteroatoms. The van der Waals surface area contributed by atoms with Crippen molar-refractivity contribution in [2.45, 2.75) is 0 Å². The highest BCUT2D eigenvalue weighted by atomic mass is 32.2. The summed E-state index contributed by atoms with van der Waals surface area (Å²) in [5.74, 6) is 0.902. The first kappa shape index (κ1) is 12.6. The number of hydrogen-bond acceptors (Lipinski definition) is 3. The van der Waals surface area contributed by atoms with Crippen LogP contribution in [0, 0.1) is 0 Å². The van der Waals surface area contributed by atoms with E-state index in [0.717, 1.165) is 22.6 Å². The molecule has 2 N–H and O–H groups in total. The molecule has 2 aromatic heterocycles. The van der Waals surface area contributed by atoms with E-state index in [4.69, 9.17) is 0 Å². The van der Waals surface area contributed by atoms with Gasteiger partial charge in [0.1, 0.15) is 5.69 Å².